The minimum Gasteiger partial charge on any atom is -0.493 e. The molecule has 0 heterocycles. The highest BCUT2D eigenvalue weighted by Gasteiger charge is 2.13. The van der Waals surface area contributed by atoms with Gasteiger partial charge in [-0.3, -0.25) is 0 Å². The van der Waals surface area contributed by atoms with Crippen LogP contribution < -0.4 is 9.47 Å². The van der Waals surface area contributed by atoms with Crippen LogP contribution in [-0.4, -0.2) is 19.3 Å². The van der Waals surface area contributed by atoms with E-state index in [2.05, 4.69) is 21.9 Å². The zero-order chi connectivity index (χ0) is 11.4. The van der Waals surface area contributed by atoms with Gasteiger partial charge in [0.2, 0.25) is 0 Å². The Morgan fingerprint density at radius 1 is 1.33 bits per heavy atom. The largest absolute Gasteiger partial charge is 0.493 e. The molecule has 0 radical (unpaired) electrons. The van der Waals surface area contributed by atoms with E-state index >= 15 is 0 Å². The second kappa shape index (κ2) is 5.06. The molecule has 0 fully saturated rings. The fourth-order valence-electron chi connectivity index (χ4n) is 1.17. The number of terminal acetylenes is 1. The molecule has 3 nitrogen and oxygen atoms in total. The predicted molar refractivity (Wildman–Crippen MR) is 61.0 cm³/mol. The number of benzene rings is 1. The smallest absolute Gasteiger partial charge is 0.161 e. The summed E-state index contributed by atoms with van der Waals surface area (Å²) in [5.41, 5.74) is 0.579. The lowest BCUT2D eigenvalue weighted by molar-refractivity contribution is 0.236. The predicted octanol–water partition coefficient (Wildman–Crippen LogP) is 2.13. The van der Waals surface area contributed by atoms with Crippen LogP contribution in [0, 0.1) is 12.3 Å². The third kappa shape index (κ3) is 2.44. The average Bonchev–Trinajstić information content (AvgIpc) is 2.27. The molecule has 0 aromatic heterocycles. The summed E-state index contributed by atoms with van der Waals surface area (Å²) >= 11 is 3.30. The molecule has 0 bridgehead atoms. The molecule has 4 heteroatoms. The molecular weight excluding hydrogens is 260 g/mol. The minimum atomic E-state index is -0.959. The van der Waals surface area contributed by atoms with Gasteiger partial charge in [-0.1, -0.05) is 21.9 Å². The average molecular weight is 271 g/mol. The molecule has 80 valence electrons. The molecule has 1 atom stereocenters. The normalized spacial score (nSPS) is 11.7. The molecule has 0 aliphatic carbocycles. The lowest BCUT2D eigenvalue weighted by atomic mass is 10.1. The van der Waals surface area contributed by atoms with Gasteiger partial charge in [0.05, 0.1) is 14.2 Å². The number of methoxy groups -OCH3 is 2. The summed E-state index contributed by atoms with van der Waals surface area (Å²) in [7, 11) is 3.07. The second-order valence-electron chi connectivity index (χ2n) is 2.80. The third-order valence-corrected chi connectivity index (χ3v) is 2.64. The fourth-order valence-corrected chi connectivity index (χ4v) is 1.71. The van der Waals surface area contributed by atoms with E-state index in [1.807, 2.05) is 0 Å². The van der Waals surface area contributed by atoms with Gasteiger partial charge in [-0.2, -0.15) is 0 Å². The molecule has 0 aliphatic heterocycles. The first kappa shape index (κ1) is 11.9. The molecule has 1 aromatic carbocycles. The maximum atomic E-state index is 9.53. The van der Waals surface area contributed by atoms with E-state index in [0.717, 1.165) is 0 Å². The summed E-state index contributed by atoms with van der Waals surface area (Å²) in [6.45, 7) is 0. The summed E-state index contributed by atoms with van der Waals surface area (Å²) in [5.74, 6) is 3.35. The van der Waals surface area contributed by atoms with Gasteiger partial charge in [0.15, 0.2) is 11.5 Å². The van der Waals surface area contributed by atoms with E-state index in [1.165, 1.54) is 7.11 Å². The number of aliphatic hydroxyl groups is 1. The summed E-state index contributed by atoms with van der Waals surface area (Å²) in [5, 5.41) is 9.53. The Kier molecular flexibility index (Phi) is 4.01. The first-order valence-electron chi connectivity index (χ1n) is 4.19. The van der Waals surface area contributed by atoms with Crippen LogP contribution in [0.2, 0.25) is 0 Å². The van der Waals surface area contributed by atoms with Crippen molar-refractivity contribution in [3.63, 3.8) is 0 Å². The van der Waals surface area contributed by atoms with Crippen molar-refractivity contribution < 1.29 is 14.6 Å². The molecule has 0 amide bonds. The van der Waals surface area contributed by atoms with E-state index in [1.54, 1.807) is 19.2 Å². The fraction of sp³-hybridized carbons (Fsp3) is 0.273. The molecule has 1 N–H and O–H groups in total. The van der Waals surface area contributed by atoms with E-state index in [9.17, 15) is 5.11 Å². The zero-order valence-corrected chi connectivity index (χ0v) is 10.0. The lowest BCUT2D eigenvalue weighted by Gasteiger charge is -2.12. The Morgan fingerprint density at radius 2 is 1.87 bits per heavy atom. The highest BCUT2D eigenvalue weighted by molar-refractivity contribution is 9.10. The number of rotatable bonds is 3. The molecule has 1 aromatic rings. The number of hydrogen-bond acceptors (Lipinski definition) is 3. The van der Waals surface area contributed by atoms with Gasteiger partial charge in [-0.15, -0.1) is 6.42 Å². The van der Waals surface area contributed by atoms with Gasteiger partial charge < -0.3 is 14.6 Å². The molecule has 0 aliphatic rings. The zero-order valence-electron chi connectivity index (χ0n) is 8.45. The monoisotopic (exact) mass is 270 g/mol. The summed E-state index contributed by atoms with van der Waals surface area (Å²) in [4.78, 5) is 0. The maximum Gasteiger partial charge on any atom is 0.161 e. The maximum absolute atomic E-state index is 9.53. The van der Waals surface area contributed by atoms with Gasteiger partial charge in [0, 0.05) is 10.0 Å². The summed E-state index contributed by atoms with van der Waals surface area (Å²) in [6.07, 6.45) is 4.18. The topological polar surface area (TPSA) is 38.7 Å². The highest BCUT2D eigenvalue weighted by Crippen LogP contribution is 2.35. The van der Waals surface area contributed by atoms with Crippen molar-refractivity contribution in [2.45, 2.75) is 6.10 Å². The molecular formula is C11H11BrO3. The summed E-state index contributed by atoms with van der Waals surface area (Å²) < 4.78 is 10.9. The Balaban J connectivity index is 3.27. The van der Waals surface area contributed by atoms with Crippen molar-refractivity contribution in [2.24, 2.45) is 0 Å². The Bertz CT molecular complexity index is 396. The number of halogens is 1. The molecule has 1 rings (SSSR count). The molecule has 0 spiro atoms. The lowest BCUT2D eigenvalue weighted by Crippen LogP contribution is -1.98. The quantitative estimate of drug-likeness (QED) is 0.856. The molecule has 15 heavy (non-hydrogen) atoms. The second-order valence-corrected chi connectivity index (χ2v) is 3.65. The van der Waals surface area contributed by atoms with Crippen LogP contribution in [-0.2, 0) is 0 Å². The van der Waals surface area contributed by atoms with Gasteiger partial charge in [-0.05, 0) is 12.1 Å². The summed E-state index contributed by atoms with van der Waals surface area (Å²) in [6, 6.07) is 3.35. The Labute approximate surface area is 97.1 Å². The first-order valence-corrected chi connectivity index (χ1v) is 4.99. The van der Waals surface area contributed by atoms with Gasteiger partial charge in [-0.25, -0.2) is 0 Å². The van der Waals surface area contributed by atoms with Crippen LogP contribution in [0.25, 0.3) is 0 Å². The van der Waals surface area contributed by atoms with Crippen LogP contribution in [0.4, 0.5) is 0 Å². The van der Waals surface area contributed by atoms with E-state index in [-0.39, 0.29) is 0 Å². The number of ether oxygens (including phenoxy) is 2. The standard InChI is InChI=1S/C11H11BrO3/c1-4-9(13)7-5-10(14-2)11(15-3)6-8(7)12/h1,5-6,9,13H,2-3H3. The van der Waals surface area contributed by atoms with Crippen LogP contribution in [0.15, 0.2) is 16.6 Å². The van der Waals surface area contributed by atoms with Crippen molar-refractivity contribution in [3.05, 3.63) is 22.2 Å². The van der Waals surface area contributed by atoms with Crippen molar-refractivity contribution in [2.75, 3.05) is 14.2 Å². The number of aliphatic hydroxyl groups excluding tert-OH is 1. The van der Waals surface area contributed by atoms with Crippen LogP contribution in [0.5, 0.6) is 11.5 Å². The van der Waals surface area contributed by atoms with Crippen molar-refractivity contribution >= 4 is 15.9 Å². The molecule has 1 unspecified atom stereocenters. The van der Waals surface area contributed by atoms with E-state index in [4.69, 9.17) is 15.9 Å². The third-order valence-electron chi connectivity index (χ3n) is 1.96. The van der Waals surface area contributed by atoms with Crippen molar-refractivity contribution in [1.29, 1.82) is 0 Å². The van der Waals surface area contributed by atoms with Crippen LogP contribution in [0.3, 0.4) is 0 Å². The minimum absolute atomic E-state index is 0.532. The van der Waals surface area contributed by atoms with Crippen molar-refractivity contribution in [3.8, 4) is 23.8 Å². The Hall–Kier alpha value is -1.18. The van der Waals surface area contributed by atoms with Gasteiger partial charge in [0.1, 0.15) is 6.10 Å². The van der Waals surface area contributed by atoms with Crippen LogP contribution in [0.1, 0.15) is 11.7 Å². The van der Waals surface area contributed by atoms with Crippen molar-refractivity contribution in [1.82, 2.24) is 0 Å². The van der Waals surface area contributed by atoms with Gasteiger partial charge in [0.25, 0.3) is 0 Å². The van der Waals surface area contributed by atoms with E-state index < -0.39 is 6.10 Å². The van der Waals surface area contributed by atoms with Crippen LogP contribution >= 0.6 is 15.9 Å². The SMILES string of the molecule is C#CC(O)c1cc(OC)c(OC)cc1Br. The van der Waals surface area contributed by atoms with Gasteiger partial charge >= 0.3 is 0 Å². The first-order chi connectivity index (χ1) is 7.13. The Morgan fingerprint density at radius 3 is 2.33 bits per heavy atom. The number of hydrogen-bond donors (Lipinski definition) is 1. The molecule has 0 saturated carbocycles. The molecule has 0 saturated heterocycles. The highest BCUT2D eigenvalue weighted by atomic mass is 79.9. The van der Waals surface area contributed by atoms with E-state index in [0.29, 0.717) is 21.5 Å².